The topological polar surface area (TPSA) is 62.6 Å². The van der Waals surface area contributed by atoms with Gasteiger partial charge in [-0.05, 0) is 29.5 Å². The molecule has 0 radical (unpaired) electrons. The predicted octanol–water partition coefficient (Wildman–Crippen LogP) is 1.77. The Hall–Kier alpha value is -0.970. The lowest BCUT2D eigenvalue weighted by Crippen LogP contribution is -2.45. The van der Waals surface area contributed by atoms with E-state index in [9.17, 15) is 13.6 Å². The summed E-state index contributed by atoms with van der Waals surface area (Å²) >= 11 is 1.78. The number of fused-ring (bicyclic) bond motifs is 1. The quantitative estimate of drug-likeness (QED) is 0.568. The molecule has 2 rings (SSSR count). The van der Waals surface area contributed by atoms with Crippen LogP contribution < -0.4 is 4.74 Å². The van der Waals surface area contributed by atoms with Crippen LogP contribution >= 0.6 is 22.6 Å². The van der Waals surface area contributed by atoms with Gasteiger partial charge in [0.25, 0.3) is 6.43 Å². The van der Waals surface area contributed by atoms with E-state index < -0.39 is 18.0 Å². The van der Waals surface area contributed by atoms with Crippen molar-refractivity contribution in [2.75, 3.05) is 20.3 Å². The Morgan fingerprint density at radius 3 is 2.95 bits per heavy atom. The lowest BCUT2D eigenvalue weighted by Gasteiger charge is -2.33. The normalized spacial score (nSPS) is 21.5. The lowest BCUT2D eigenvalue weighted by molar-refractivity contribution is -0.157. The van der Waals surface area contributed by atoms with Gasteiger partial charge in [0.05, 0.1) is 13.7 Å². The monoisotopic (exact) mass is 402 g/mol. The number of rotatable bonds is 4. The Morgan fingerprint density at radius 1 is 1.65 bits per heavy atom. The number of hydrogen-bond acceptors (Lipinski definition) is 5. The van der Waals surface area contributed by atoms with Gasteiger partial charge in [0.2, 0.25) is 5.88 Å². The van der Waals surface area contributed by atoms with Crippen LogP contribution in [0, 0.1) is 3.57 Å². The van der Waals surface area contributed by atoms with Gasteiger partial charge in [-0.25, -0.2) is 18.3 Å². The third-order valence-corrected chi connectivity index (χ3v) is 3.86. The first-order valence-electron chi connectivity index (χ1n) is 5.74. The highest BCUT2D eigenvalue weighted by atomic mass is 127. The molecule has 0 bridgehead atoms. The molecule has 20 heavy (non-hydrogen) atoms. The summed E-state index contributed by atoms with van der Waals surface area (Å²) in [7, 11) is 1.26. The molecule has 6 nitrogen and oxygen atoms in total. The molecule has 0 aromatic carbocycles. The number of hydrogen-bond donors (Lipinski definition) is 0. The Labute approximate surface area is 127 Å². The molecule has 0 N–H and O–H groups in total. The summed E-state index contributed by atoms with van der Waals surface area (Å²) in [4.78, 5) is 11.1. The molecule has 2 heterocycles. The van der Waals surface area contributed by atoms with E-state index in [0.717, 1.165) is 0 Å². The average molecular weight is 402 g/mol. The van der Waals surface area contributed by atoms with Crippen molar-refractivity contribution in [3.8, 4) is 5.88 Å². The van der Waals surface area contributed by atoms with Crippen LogP contribution in [0.15, 0.2) is 0 Å². The highest BCUT2D eigenvalue weighted by Crippen LogP contribution is 2.35. The van der Waals surface area contributed by atoms with Gasteiger partial charge in [-0.1, -0.05) is 0 Å². The summed E-state index contributed by atoms with van der Waals surface area (Å²) in [6.07, 6.45) is -2.66. The minimum absolute atomic E-state index is 0.147. The average Bonchev–Trinajstić information content (AvgIpc) is 2.72. The molecular weight excluding hydrogens is 389 g/mol. The van der Waals surface area contributed by atoms with Crippen LogP contribution in [0.3, 0.4) is 0 Å². The molecule has 0 saturated heterocycles. The second kappa shape index (κ2) is 5.80. The predicted molar refractivity (Wildman–Crippen MR) is 71.8 cm³/mol. The SMILES string of the molecule is COC(=O)CO[C@]1(C)COc2c(I)c(C(F)F)nn2C1. The van der Waals surface area contributed by atoms with Gasteiger partial charge in [0.15, 0.2) is 0 Å². The smallest absolute Gasteiger partial charge is 0.331 e. The van der Waals surface area contributed by atoms with Crippen LogP contribution in [0.4, 0.5) is 8.78 Å². The van der Waals surface area contributed by atoms with E-state index in [1.165, 1.54) is 11.8 Å². The van der Waals surface area contributed by atoms with Crippen molar-refractivity contribution in [3.05, 3.63) is 9.26 Å². The van der Waals surface area contributed by atoms with E-state index in [4.69, 9.17) is 9.47 Å². The lowest BCUT2D eigenvalue weighted by atomic mass is 10.1. The third kappa shape index (κ3) is 3.03. The van der Waals surface area contributed by atoms with Crippen molar-refractivity contribution in [2.45, 2.75) is 25.5 Å². The molecule has 0 spiro atoms. The number of esters is 1. The van der Waals surface area contributed by atoms with Crippen LogP contribution in [0.5, 0.6) is 5.88 Å². The van der Waals surface area contributed by atoms with Gasteiger partial charge in [-0.2, -0.15) is 5.10 Å². The zero-order valence-electron chi connectivity index (χ0n) is 10.9. The standard InChI is InChI=1S/C11H13F2IN2O4/c1-11(20-3-6(17)18-2)4-16-10(19-5-11)7(14)8(15-16)9(12)13/h9H,3-5H2,1-2H3/t11-/m0/s1. The van der Waals surface area contributed by atoms with E-state index in [2.05, 4.69) is 9.84 Å². The molecule has 1 aliphatic rings. The van der Waals surface area contributed by atoms with Crippen LogP contribution in [-0.2, 0) is 20.8 Å². The summed E-state index contributed by atoms with van der Waals surface area (Å²) < 4.78 is 42.6. The molecule has 1 aliphatic heterocycles. The molecule has 0 saturated carbocycles. The molecule has 112 valence electrons. The fourth-order valence-corrected chi connectivity index (χ4v) is 2.57. The third-order valence-electron chi connectivity index (χ3n) is 2.85. The molecular formula is C11H13F2IN2O4. The minimum atomic E-state index is -2.66. The van der Waals surface area contributed by atoms with Crippen LogP contribution in [-0.4, -0.2) is 41.7 Å². The van der Waals surface area contributed by atoms with Gasteiger partial charge in [-0.15, -0.1) is 0 Å². The number of nitrogens with zero attached hydrogens (tertiary/aromatic N) is 2. The highest BCUT2D eigenvalue weighted by molar-refractivity contribution is 14.1. The Kier molecular flexibility index (Phi) is 4.47. The zero-order chi connectivity index (χ0) is 14.9. The van der Waals surface area contributed by atoms with Gasteiger partial charge in [0, 0.05) is 0 Å². The number of alkyl halides is 2. The van der Waals surface area contributed by atoms with E-state index in [1.807, 2.05) is 0 Å². The molecule has 0 amide bonds. The summed E-state index contributed by atoms with van der Waals surface area (Å²) in [5.74, 6) is -0.208. The van der Waals surface area contributed by atoms with Crippen molar-refractivity contribution in [2.24, 2.45) is 0 Å². The Bertz CT molecular complexity index is 523. The first-order valence-corrected chi connectivity index (χ1v) is 6.82. The van der Waals surface area contributed by atoms with Crippen molar-refractivity contribution in [1.29, 1.82) is 0 Å². The number of halogens is 3. The fraction of sp³-hybridized carbons (Fsp3) is 0.636. The summed E-state index contributed by atoms with van der Waals surface area (Å²) in [5.41, 5.74) is -1.13. The number of carbonyl (C=O) groups is 1. The van der Waals surface area contributed by atoms with Crippen LogP contribution in [0.1, 0.15) is 19.0 Å². The first-order chi connectivity index (χ1) is 9.36. The molecule has 1 atom stereocenters. The van der Waals surface area contributed by atoms with Crippen LogP contribution in [0.25, 0.3) is 0 Å². The molecule has 0 unspecified atom stereocenters. The number of methoxy groups -OCH3 is 1. The van der Waals surface area contributed by atoms with Crippen molar-refractivity contribution in [1.82, 2.24) is 9.78 Å². The maximum atomic E-state index is 12.8. The second-order valence-corrected chi connectivity index (χ2v) is 5.64. The molecule has 0 fully saturated rings. The largest absolute Gasteiger partial charge is 0.474 e. The highest BCUT2D eigenvalue weighted by Gasteiger charge is 2.37. The molecule has 9 heteroatoms. The van der Waals surface area contributed by atoms with Gasteiger partial charge in [-0.3, -0.25) is 0 Å². The van der Waals surface area contributed by atoms with E-state index in [-0.39, 0.29) is 25.5 Å². The molecule has 0 aliphatic carbocycles. The minimum Gasteiger partial charge on any atom is -0.474 e. The number of ether oxygens (including phenoxy) is 3. The maximum absolute atomic E-state index is 12.8. The molecule has 1 aromatic heterocycles. The number of carbonyl (C=O) groups excluding carboxylic acids is 1. The van der Waals surface area contributed by atoms with Crippen LogP contribution in [0.2, 0.25) is 0 Å². The summed E-state index contributed by atoms with van der Waals surface area (Å²) in [6.45, 7) is 1.86. The van der Waals surface area contributed by atoms with Gasteiger partial charge >= 0.3 is 5.97 Å². The van der Waals surface area contributed by atoms with E-state index in [0.29, 0.717) is 9.45 Å². The number of aromatic nitrogens is 2. The van der Waals surface area contributed by atoms with Crippen molar-refractivity contribution in [3.63, 3.8) is 0 Å². The maximum Gasteiger partial charge on any atom is 0.331 e. The fourth-order valence-electron chi connectivity index (χ4n) is 1.79. The van der Waals surface area contributed by atoms with E-state index in [1.54, 1.807) is 29.5 Å². The van der Waals surface area contributed by atoms with Crippen molar-refractivity contribution < 1.29 is 27.8 Å². The Balaban J connectivity index is 2.14. The van der Waals surface area contributed by atoms with E-state index >= 15 is 0 Å². The summed E-state index contributed by atoms with van der Waals surface area (Å²) in [6, 6.07) is 0. The second-order valence-electron chi connectivity index (χ2n) is 4.57. The Morgan fingerprint density at radius 2 is 2.35 bits per heavy atom. The first kappa shape index (κ1) is 15.4. The van der Waals surface area contributed by atoms with Crippen molar-refractivity contribution >= 4 is 28.6 Å². The summed E-state index contributed by atoms with van der Waals surface area (Å²) in [5, 5.41) is 3.83. The van der Waals surface area contributed by atoms with Gasteiger partial charge < -0.3 is 14.2 Å². The molecule has 1 aromatic rings. The zero-order valence-corrected chi connectivity index (χ0v) is 13.0. The van der Waals surface area contributed by atoms with Gasteiger partial charge in [0.1, 0.15) is 28.1 Å².